The molecule has 5 aromatic rings. The van der Waals surface area contributed by atoms with Crippen molar-refractivity contribution in [2.45, 2.75) is 6.92 Å². The molecule has 0 saturated carbocycles. The number of rotatable bonds is 1. The Morgan fingerprint density at radius 3 is 2.54 bits per heavy atom. The molecule has 0 radical (unpaired) electrons. The highest BCUT2D eigenvalue weighted by atomic mass is 32.1. The molecule has 0 saturated heterocycles. The Morgan fingerprint density at radius 2 is 1.67 bits per heavy atom. The molecular weight excluding hydrogens is 310 g/mol. The van der Waals surface area contributed by atoms with Gasteiger partial charge in [-0.05, 0) is 42.1 Å². The third kappa shape index (κ3) is 2.04. The van der Waals surface area contributed by atoms with E-state index in [1.807, 2.05) is 6.07 Å². The van der Waals surface area contributed by atoms with Gasteiger partial charge in [0.1, 0.15) is 0 Å². The van der Waals surface area contributed by atoms with Crippen molar-refractivity contribution in [3.8, 4) is 11.1 Å². The molecule has 1 nitrogen and oxygen atoms in total. The first-order valence-corrected chi connectivity index (χ1v) is 8.94. The van der Waals surface area contributed by atoms with E-state index in [9.17, 15) is 0 Å². The van der Waals surface area contributed by atoms with Gasteiger partial charge in [0, 0.05) is 26.4 Å². The van der Waals surface area contributed by atoms with Gasteiger partial charge in [-0.25, -0.2) is 4.98 Å². The number of hydrogen-bond acceptors (Lipinski definition) is 2. The summed E-state index contributed by atoms with van der Waals surface area (Å²) in [7, 11) is 0. The van der Waals surface area contributed by atoms with Gasteiger partial charge in [-0.2, -0.15) is 0 Å². The molecule has 0 atom stereocenters. The summed E-state index contributed by atoms with van der Waals surface area (Å²) >= 11 is 1.79. The Kier molecular flexibility index (Phi) is 2.94. The van der Waals surface area contributed by atoms with Crippen molar-refractivity contribution >= 4 is 43.2 Å². The zero-order valence-electron chi connectivity index (χ0n) is 13.3. The summed E-state index contributed by atoms with van der Waals surface area (Å²) < 4.78 is 1.31. The fraction of sp³-hybridized carbons (Fsp3) is 0.0455. The maximum Gasteiger partial charge on any atom is 0.0796 e. The fourth-order valence-corrected chi connectivity index (χ4v) is 4.27. The third-order valence-electron chi connectivity index (χ3n) is 4.58. The molecule has 0 aliphatic carbocycles. The zero-order chi connectivity index (χ0) is 16.1. The van der Waals surface area contributed by atoms with Gasteiger partial charge in [0.2, 0.25) is 0 Å². The maximum atomic E-state index is 4.93. The van der Waals surface area contributed by atoms with E-state index in [-0.39, 0.29) is 0 Å². The topological polar surface area (TPSA) is 12.9 Å². The molecule has 3 aromatic carbocycles. The molecule has 0 bridgehead atoms. The van der Waals surface area contributed by atoms with Crippen LogP contribution in [-0.4, -0.2) is 4.98 Å². The first-order valence-electron chi connectivity index (χ1n) is 8.06. The average molecular weight is 325 g/mol. The van der Waals surface area contributed by atoms with Gasteiger partial charge in [0.25, 0.3) is 0 Å². The first kappa shape index (κ1) is 13.7. The van der Waals surface area contributed by atoms with Crippen LogP contribution < -0.4 is 0 Å². The van der Waals surface area contributed by atoms with Crippen LogP contribution in [0.3, 0.4) is 0 Å². The Labute approximate surface area is 144 Å². The van der Waals surface area contributed by atoms with Crippen molar-refractivity contribution in [3.05, 3.63) is 77.7 Å². The van der Waals surface area contributed by atoms with Crippen molar-refractivity contribution in [3.63, 3.8) is 0 Å². The molecule has 0 amide bonds. The van der Waals surface area contributed by atoms with Crippen LogP contribution in [0, 0.1) is 6.92 Å². The summed E-state index contributed by atoms with van der Waals surface area (Å²) in [6.07, 6.45) is 0. The van der Waals surface area contributed by atoms with Crippen LogP contribution in [0.1, 0.15) is 5.56 Å². The van der Waals surface area contributed by atoms with Gasteiger partial charge in [-0.1, -0.05) is 48.0 Å². The lowest BCUT2D eigenvalue weighted by Gasteiger charge is -2.09. The number of para-hydroxylation sites is 1. The smallest absolute Gasteiger partial charge is 0.0796 e. The first-order chi connectivity index (χ1) is 11.8. The maximum absolute atomic E-state index is 4.93. The molecular formula is C22H15NS. The van der Waals surface area contributed by atoms with Crippen molar-refractivity contribution < 1.29 is 0 Å². The number of aryl methyl sites for hydroxylation is 1. The normalized spacial score (nSPS) is 11.5. The van der Waals surface area contributed by atoms with Gasteiger partial charge in [0.15, 0.2) is 0 Å². The van der Waals surface area contributed by atoms with E-state index in [2.05, 4.69) is 73.0 Å². The number of nitrogens with zero attached hydrogens (tertiary/aromatic N) is 1. The van der Waals surface area contributed by atoms with Crippen molar-refractivity contribution in [2.75, 3.05) is 0 Å². The highest BCUT2D eigenvalue weighted by Crippen LogP contribution is 2.38. The van der Waals surface area contributed by atoms with E-state index < -0.39 is 0 Å². The Hall–Kier alpha value is -2.71. The lowest BCUT2D eigenvalue weighted by atomic mass is 9.99. The quantitative estimate of drug-likeness (QED) is 0.317. The SMILES string of the molecule is Cc1ccc(-c2cc3cc4ccccc4nc3c3ccsc23)cc1. The second kappa shape index (κ2) is 5.15. The van der Waals surface area contributed by atoms with E-state index in [4.69, 9.17) is 4.98 Å². The average Bonchev–Trinajstić information content (AvgIpc) is 3.10. The van der Waals surface area contributed by atoms with E-state index in [1.54, 1.807) is 11.3 Å². The predicted octanol–water partition coefficient (Wildman–Crippen LogP) is 6.58. The molecule has 0 aliphatic heterocycles. The van der Waals surface area contributed by atoms with E-state index in [0.717, 1.165) is 11.0 Å². The van der Waals surface area contributed by atoms with Crippen LogP contribution >= 0.6 is 11.3 Å². The van der Waals surface area contributed by atoms with Crippen LogP contribution in [-0.2, 0) is 0 Å². The minimum atomic E-state index is 1.06. The second-order valence-corrected chi connectivity index (χ2v) is 7.12. The van der Waals surface area contributed by atoms with E-state index in [0.29, 0.717) is 0 Å². The fourth-order valence-electron chi connectivity index (χ4n) is 3.33. The van der Waals surface area contributed by atoms with Crippen molar-refractivity contribution in [1.82, 2.24) is 4.98 Å². The largest absolute Gasteiger partial charge is 0.247 e. The van der Waals surface area contributed by atoms with Gasteiger partial charge >= 0.3 is 0 Å². The third-order valence-corrected chi connectivity index (χ3v) is 5.53. The van der Waals surface area contributed by atoms with Gasteiger partial charge < -0.3 is 0 Å². The summed E-state index contributed by atoms with van der Waals surface area (Å²) in [5.74, 6) is 0. The monoisotopic (exact) mass is 325 g/mol. The molecule has 0 spiro atoms. The van der Waals surface area contributed by atoms with Gasteiger partial charge in [-0.3, -0.25) is 0 Å². The molecule has 5 rings (SSSR count). The van der Waals surface area contributed by atoms with Crippen LogP contribution in [0.25, 0.3) is 43.0 Å². The molecule has 0 aliphatic rings. The molecule has 0 N–H and O–H groups in total. The summed E-state index contributed by atoms with van der Waals surface area (Å²) in [6.45, 7) is 2.13. The number of aromatic nitrogens is 1. The van der Waals surface area contributed by atoms with Crippen molar-refractivity contribution in [2.24, 2.45) is 0 Å². The summed E-state index contributed by atoms with van der Waals surface area (Å²) in [5.41, 5.74) is 6.00. The highest BCUT2D eigenvalue weighted by molar-refractivity contribution is 7.18. The molecule has 114 valence electrons. The second-order valence-electron chi connectivity index (χ2n) is 6.21. The molecule has 2 aromatic heterocycles. The zero-order valence-corrected chi connectivity index (χ0v) is 14.1. The number of thiophene rings is 1. The van der Waals surface area contributed by atoms with Gasteiger partial charge in [-0.15, -0.1) is 11.3 Å². The summed E-state index contributed by atoms with van der Waals surface area (Å²) in [4.78, 5) is 4.93. The highest BCUT2D eigenvalue weighted by Gasteiger charge is 2.11. The van der Waals surface area contributed by atoms with E-state index >= 15 is 0 Å². The molecule has 2 heteroatoms. The lowest BCUT2D eigenvalue weighted by molar-refractivity contribution is 1.47. The standard InChI is InChI=1S/C22H15NS/c1-14-6-8-15(9-7-14)19-13-17-12-16-4-2-3-5-20(16)23-21(17)18-10-11-24-22(18)19/h2-13H,1H3. The van der Waals surface area contributed by atoms with Crippen LogP contribution in [0.2, 0.25) is 0 Å². The summed E-state index contributed by atoms with van der Waals surface area (Å²) in [6, 6.07) is 23.9. The molecule has 0 unspecified atom stereocenters. The Balaban J connectivity index is 1.91. The summed E-state index contributed by atoms with van der Waals surface area (Å²) in [5, 5.41) is 5.81. The molecule has 24 heavy (non-hydrogen) atoms. The Bertz CT molecular complexity index is 1200. The minimum Gasteiger partial charge on any atom is -0.247 e. The van der Waals surface area contributed by atoms with Crippen LogP contribution in [0.15, 0.2) is 72.1 Å². The molecule has 0 fully saturated rings. The van der Waals surface area contributed by atoms with Crippen LogP contribution in [0.4, 0.5) is 0 Å². The van der Waals surface area contributed by atoms with Crippen LogP contribution in [0.5, 0.6) is 0 Å². The Morgan fingerprint density at radius 1 is 0.833 bits per heavy atom. The number of benzene rings is 3. The van der Waals surface area contributed by atoms with E-state index in [1.165, 1.54) is 37.5 Å². The predicted molar refractivity (Wildman–Crippen MR) is 105 cm³/mol. The van der Waals surface area contributed by atoms with Crippen molar-refractivity contribution in [1.29, 1.82) is 0 Å². The number of fused-ring (bicyclic) bond motifs is 4. The lowest BCUT2D eigenvalue weighted by Crippen LogP contribution is -1.86. The number of pyridine rings is 1. The van der Waals surface area contributed by atoms with Gasteiger partial charge in [0.05, 0.1) is 11.0 Å². The number of hydrogen-bond donors (Lipinski definition) is 0. The molecule has 2 heterocycles. The minimum absolute atomic E-state index is 1.06.